The van der Waals surface area contributed by atoms with Crippen LogP contribution in [0.15, 0.2) is 16.7 Å². The Morgan fingerprint density at radius 3 is 3.12 bits per heavy atom. The highest BCUT2D eigenvalue weighted by Crippen LogP contribution is 2.18. The van der Waals surface area contributed by atoms with Crippen molar-refractivity contribution in [3.8, 4) is 0 Å². The van der Waals surface area contributed by atoms with Gasteiger partial charge in [0.2, 0.25) is 0 Å². The van der Waals surface area contributed by atoms with E-state index in [9.17, 15) is 4.79 Å². The number of nitrogen functional groups attached to an aromatic ring is 1. The van der Waals surface area contributed by atoms with Gasteiger partial charge in [0, 0.05) is 6.54 Å². The predicted molar refractivity (Wildman–Crippen MR) is 62.8 cm³/mol. The van der Waals surface area contributed by atoms with Crippen LogP contribution in [-0.4, -0.2) is 30.4 Å². The highest BCUT2D eigenvalue weighted by molar-refractivity contribution is 5.93. The second-order valence-corrected chi connectivity index (χ2v) is 4.40. The Morgan fingerprint density at radius 2 is 2.47 bits per heavy atom. The molecule has 0 radical (unpaired) electrons. The highest BCUT2D eigenvalue weighted by atomic mass is 16.3. The summed E-state index contributed by atoms with van der Waals surface area (Å²) in [6, 6.07) is 1.72. The topological polar surface area (TPSA) is 97.5 Å². The van der Waals surface area contributed by atoms with Crippen LogP contribution in [0.1, 0.15) is 22.5 Å². The summed E-state index contributed by atoms with van der Waals surface area (Å²) in [5.74, 6) is 6.07. The van der Waals surface area contributed by atoms with Crippen molar-refractivity contribution in [2.45, 2.75) is 13.0 Å². The second-order valence-electron chi connectivity index (χ2n) is 4.40. The van der Waals surface area contributed by atoms with E-state index in [1.807, 2.05) is 0 Å². The molecule has 1 unspecified atom stereocenters. The zero-order chi connectivity index (χ0) is 12.3. The Labute approximate surface area is 99.9 Å². The van der Waals surface area contributed by atoms with Crippen LogP contribution in [0.4, 0.5) is 0 Å². The third kappa shape index (κ3) is 2.85. The minimum atomic E-state index is -0.332. The SMILES string of the molecule is NCC1CCN(Cc2cc(C(=O)NN)co2)C1. The Morgan fingerprint density at radius 1 is 1.65 bits per heavy atom. The number of carbonyl (C=O) groups is 1. The van der Waals surface area contributed by atoms with Gasteiger partial charge in [0.15, 0.2) is 0 Å². The lowest BCUT2D eigenvalue weighted by Gasteiger charge is -2.13. The van der Waals surface area contributed by atoms with E-state index in [1.54, 1.807) is 6.07 Å². The van der Waals surface area contributed by atoms with Gasteiger partial charge in [-0.1, -0.05) is 0 Å². The fourth-order valence-corrected chi connectivity index (χ4v) is 2.14. The lowest BCUT2D eigenvalue weighted by molar-refractivity contribution is 0.0953. The molecule has 1 amide bonds. The normalized spacial score (nSPS) is 20.7. The summed E-state index contributed by atoms with van der Waals surface area (Å²) >= 11 is 0. The molecule has 1 aromatic heterocycles. The molecule has 1 aliphatic rings. The average molecular weight is 238 g/mol. The number of amides is 1. The third-order valence-electron chi connectivity index (χ3n) is 3.13. The van der Waals surface area contributed by atoms with E-state index in [4.69, 9.17) is 16.0 Å². The van der Waals surface area contributed by atoms with Gasteiger partial charge in [-0.25, -0.2) is 5.84 Å². The first kappa shape index (κ1) is 12.1. The summed E-state index contributed by atoms with van der Waals surface area (Å²) in [6.45, 7) is 3.47. The number of nitrogens with one attached hydrogen (secondary N) is 1. The number of furan rings is 1. The maximum absolute atomic E-state index is 11.2. The first-order valence-electron chi connectivity index (χ1n) is 5.73. The van der Waals surface area contributed by atoms with Gasteiger partial charge < -0.3 is 10.2 Å². The highest BCUT2D eigenvalue weighted by Gasteiger charge is 2.22. The molecule has 1 saturated heterocycles. The molecule has 0 aromatic carbocycles. The fraction of sp³-hybridized carbons (Fsp3) is 0.545. The molecule has 0 saturated carbocycles. The lowest BCUT2D eigenvalue weighted by atomic mass is 10.1. The number of nitrogens with zero attached hydrogens (tertiary/aromatic N) is 1. The molecule has 6 nitrogen and oxygen atoms in total. The summed E-state index contributed by atoms with van der Waals surface area (Å²) in [7, 11) is 0. The third-order valence-corrected chi connectivity index (χ3v) is 3.13. The molecule has 0 aliphatic carbocycles. The van der Waals surface area contributed by atoms with Crippen molar-refractivity contribution in [2.24, 2.45) is 17.5 Å². The van der Waals surface area contributed by atoms with Gasteiger partial charge >= 0.3 is 0 Å². The van der Waals surface area contributed by atoms with E-state index in [-0.39, 0.29) is 5.91 Å². The van der Waals surface area contributed by atoms with Crippen molar-refractivity contribution in [1.82, 2.24) is 10.3 Å². The molecule has 2 rings (SSSR count). The quantitative estimate of drug-likeness (QED) is 0.379. The molecular formula is C11H18N4O2. The maximum Gasteiger partial charge on any atom is 0.268 e. The minimum Gasteiger partial charge on any atom is -0.467 e. The van der Waals surface area contributed by atoms with Gasteiger partial charge in [0.1, 0.15) is 12.0 Å². The Hall–Kier alpha value is -1.37. The molecule has 2 heterocycles. The van der Waals surface area contributed by atoms with Gasteiger partial charge in [-0.2, -0.15) is 0 Å². The van der Waals surface area contributed by atoms with E-state index < -0.39 is 0 Å². The standard InChI is InChI=1S/C11H18N4O2/c12-4-8-1-2-15(5-8)6-10-3-9(7-17-10)11(16)14-13/h3,7-8H,1-2,4-6,12-13H2,(H,14,16). The van der Waals surface area contributed by atoms with Crippen molar-refractivity contribution in [3.05, 3.63) is 23.7 Å². The number of nitrogens with two attached hydrogens (primary N) is 2. The van der Waals surface area contributed by atoms with Crippen molar-refractivity contribution in [3.63, 3.8) is 0 Å². The number of likely N-dealkylation sites (tertiary alicyclic amines) is 1. The van der Waals surface area contributed by atoms with E-state index in [1.165, 1.54) is 6.26 Å². The fourth-order valence-electron chi connectivity index (χ4n) is 2.14. The van der Waals surface area contributed by atoms with Crippen molar-refractivity contribution >= 4 is 5.91 Å². The molecule has 0 spiro atoms. The first-order chi connectivity index (χ1) is 8.22. The van der Waals surface area contributed by atoms with Crippen molar-refractivity contribution < 1.29 is 9.21 Å². The Kier molecular flexibility index (Phi) is 3.78. The van der Waals surface area contributed by atoms with Crippen LogP contribution >= 0.6 is 0 Å². The number of hydrogen-bond donors (Lipinski definition) is 3. The second kappa shape index (κ2) is 5.31. The zero-order valence-corrected chi connectivity index (χ0v) is 9.69. The van der Waals surface area contributed by atoms with Crippen LogP contribution < -0.4 is 17.0 Å². The molecule has 5 N–H and O–H groups in total. The van der Waals surface area contributed by atoms with Crippen molar-refractivity contribution in [2.75, 3.05) is 19.6 Å². The zero-order valence-electron chi connectivity index (χ0n) is 9.69. The number of hydrazine groups is 1. The summed E-state index contributed by atoms with van der Waals surface area (Å²) in [5, 5.41) is 0. The first-order valence-corrected chi connectivity index (χ1v) is 5.73. The van der Waals surface area contributed by atoms with Crippen LogP contribution in [0, 0.1) is 5.92 Å². The van der Waals surface area contributed by atoms with Crippen LogP contribution in [-0.2, 0) is 6.54 Å². The smallest absolute Gasteiger partial charge is 0.268 e. The van der Waals surface area contributed by atoms with Crippen LogP contribution in [0.25, 0.3) is 0 Å². The van der Waals surface area contributed by atoms with Crippen LogP contribution in [0.2, 0.25) is 0 Å². The Balaban J connectivity index is 1.91. The Bertz CT molecular complexity index is 391. The molecule has 94 valence electrons. The molecule has 1 aliphatic heterocycles. The molecule has 0 bridgehead atoms. The molecule has 6 heteroatoms. The molecule has 1 fully saturated rings. The van der Waals surface area contributed by atoms with Gasteiger partial charge in [-0.05, 0) is 31.5 Å². The van der Waals surface area contributed by atoms with E-state index >= 15 is 0 Å². The predicted octanol–water partition coefficient (Wildman–Crippen LogP) is -0.336. The number of rotatable bonds is 4. The largest absolute Gasteiger partial charge is 0.467 e. The monoisotopic (exact) mass is 238 g/mol. The van der Waals surface area contributed by atoms with Gasteiger partial charge in [0.05, 0.1) is 12.1 Å². The minimum absolute atomic E-state index is 0.332. The van der Waals surface area contributed by atoms with Gasteiger partial charge in [-0.15, -0.1) is 0 Å². The van der Waals surface area contributed by atoms with Crippen molar-refractivity contribution in [1.29, 1.82) is 0 Å². The van der Waals surface area contributed by atoms with E-state index in [0.29, 0.717) is 18.0 Å². The summed E-state index contributed by atoms with van der Waals surface area (Å²) < 4.78 is 5.33. The molecule has 17 heavy (non-hydrogen) atoms. The number of carbonyl (C=O) groups excluding carboxylic acids is 1. The number of hydrogen-bond acceptors (Lipinski definition) is 5. The van der Waals surface area contributed by atoms with Gasteiger partial charge in [-0.3, -0.25) is 15.1 Å². The van der Waals surface area contributed by atoms with E-state index in [0.717, 1.165) is 31.8 Å². The lowest BCUT2D eigenvalue weighted by Crippen LogP contribution is -2.29. The molecule has 1 aromatic rings. The average Bonchev–Trinajstić information content (AvgIpc) is 2.97. The van der Waals surface area contributed by atoms with Gasteiger partial charge in [0.25, 0.3) is 5.91 Å². The molecule has 1 atom stereocenters. The van der Waals surface area contributed by atoms with Crippen LogP contribution in [0.3, 0.4) is 0 Å². The summed E-state index contributed by atoms with van der Waals surface area (Å²) in [6.07, 6.45) is 2.56. The molecular weight excluding hydrogens is 220 g/mol. The maximum atomic E-state index is 11.2. The summed E-state index contributed by atoms with van der Waals surface area (Å²) in [5.41, 5.74) is 8.17. The van der Waals surface area contributed by atoms with Crippen LogP contribution in [0.5, 0.6) is 0 Å². The van der Waals surface area contributed by atoms with E-state index in [2.05, 4.69) is 10.3 Å². The summed E-state index contributed by atoms with van der Waals surface area (Å²) in [4.78, 5) is 13.5.